The number of likely N-dealkylation sites (tertiary alicyclic amines) is 1. The number of carbonyl (C=O) groups excluding carboxylic acids is 1. The number of hydrogen-bond acceptors (Lipinski definition) is 4. The van der Waals surface area contributed by atoms with E-state index < -0.39 is 12.0 Å². The van der Waals surface area contributed by atoms with Gasteiger partial charge in [-0.15, -0.1) is 0 Å². The van der Waals surface area contributed by atoms with Crippen LogP contribution in [0.5, 0.6) is 0 Å². The Labute approximate surface area is 127 Å². The molecule has 7 heteroatoms. The van der Waals surface area contributed by atoms with Crippen LogP contribution in [0.1, 0.15) is 12.2 Å². The fourth-order valence-electron chi connectivity index (χ4n) is 2.91. The zero-order valence-corrected chi connectivity index (χ0v) is 12.2. The number of rotatable bonds is 4. The van der Waals surface area contributed by atoms with Crippen molar-refractivity contribution < 1.29 is 14.7 Å². The molecule has 1 fully saturated rings. The van der Waals surface area contributed by atoms with Gasteiger partial charge in [0.15, 0.2) is 0 Å². The summed E-state index contributed by atoms with van der Waals surface area (Å²) in [6, 6.07) is 6.93. The number of aromatic nitrogens is 2. The Bertz CT molecular complexity index is 679. The molecule has 22 heavy (non-hydrogen) atoms. The Morgan fingerprint density at radius 2 is 2.23 bits per heavy atom. The van der Waals surface area contributed by atoms with Gasteiger partial charge >= 0.3 is 5.97 Å². The lowest BCUT2D eigenvalue weighted by Gasteiger charge is -2.13. The molecular formula is C15H18N4O3. The summed E-state index contributed by atoms with van der Waals surface area (Å²) in [7, 11) is 1.75. The van der Waals surface area contributed by atoms with Gasteiger partial charge in [-0.1, -0.05) is 12.1 Å². The summed E-state index contributed by atoms with van der Waals surface area (Å²) >= 11 is 0. The lowest BCUT2D eigenvalue weighted by Crippen LogP contribution is -2.37. The molecule has 1 aromatic heterocycles. The summed E-state index contributed by atoms with van der Waals surface area (Å²) in [5, 5.41) is 12.0. The summed E-state index contributed by atoms with van der Waals surface area (Å²) < 4.78 is 0. The van der Waals surface area contributed by atoms with Crippen molar-refractivity contribution in [3.05, 3.63) is 30.1 Å². The number of nitrogens with zero attached hydrogens (tertiary/aromatic N) is 2. The highest BCUT2D eigenvalue weighted by Crippen LogP contribution is 2.16. The van der Waals surface area contributed by atoms with Gasteiger partial charge in [0.25, 0.3) is 0 Å². The number of aliphatic carboxylic acids is 1. The number of amides is 1. The van der Waals surface area contributed by atoms with Gasteiger partial charge < -0.3 is 15.4 Å². The minimum absolute atomic E-state index is 0.136. The third kappa shape index (κ3) is 2.94. The number of carboxylic acid groups (broad SMARTS) is 1. The highest BCUT2D eigenvalue weighted by molar-refractivity contribution is 5.81. The highest BCUT2D eigenvalue weighted by Gasteiger charge is 2.35. The second-order valence-corrected chi connectivity index (χ2v) is 5.67. The number of aromatic amines is 1. The molecule has 116 valence electrons. The van der Waals surface area contributed by atoms with Crippen LogP contribution < -0.4 is 5.32 Å². The van der Waals surface area contributed by atoms with E-state index in [1.807, 2.05) is 24.3 Å². The summed E-state index contributed by atoms with van der Waals surface area (Å²) in [5.41, 5.74) is 1.73. The van der Waals surface area contributed by atoms with Crippen LogP contribution >= 0.6 is 0 Å². The van der Waals surface area contributed by atoms with Crippen LogP contribution in [0.3, 0.4) is 0 Å². The van der Waals surface area contributed by atoms with Gasteiger partial charge in [-0.2, -0.15) is 0 Å². The number of H-pyrrole nitrogens is 1. The fourth-order valence-corrected chi connectivity index (χ4v) is 2.91. The lowest BCUT2D eigenvalue weighted by atomic mass is 10.1. The number of nitrogens with one attached hydrogen (secondary N) is 2. The van der Waals surface area contributed by atoms with Gasteiger partial charge in [0.2, 0.25) is 5.91 Å². The molecule has 0 unspecified atom stereocenters. The molecule has 1 amide bonds. The first kappa shape index (κ1) is 14.5. The van der Waals surface area contributed by atoms with Crippen molar-refractivity contribution in [1.82, 2.24) is 20.2 Å². The Kier molecular flexibility index (Phi) is 3.81. The largest absolute Gasteiger partial charge is 0.480 e. The molecule has 2 heterocycles. The number of fused-ring (bicyclic) bond motifs is 1. The van der Waals surface area contributed by atoms with E-state index in [4.69, 9.17) is 5.11 Å². The van der Waals surface area contributed by atoms with E-state index in [1.54, 1.807) is 11.9 Å². The molecule has 7 nitrogen and oxygen atoms in total. The molecule has 3 N–H and O–H groups in total. The Morgan fingerprint density at radius 3 is 2.91 bits per heavy atom. The van der Waals surface area contributed by atoms with Crippen LogP contribution in [0, 0.1) is 0 Å². The van der Waals surface area contributed by atoms with Crippen LogP contribution in [-0.4, -0.2) is 57.5 Å². The number of para-hydroxylation sites is 2. The third-order valence-corrected chi connectivity index (χ3v) is 3.96. The van der Waals surface area contributed by atoms with E-state index in [-0.39, 0.29) is 18.4 Å². The predicted molar refractivity (Wildman–Crippen MR) is 80.4 cm³/mol. The first-order chi connectivity index (χ1) is 10.5. The van der Waals surface area contributed by atoms with Crippen molar-refractivity contribution in [2.75, 3.05) is 13.6 Å². The van der Waals surface area contributed by atoms with E-state index >= 15 is 0 Å². The Balaban J connectivity index is 1.60. The van der Waals surface area contributed by atoms with E-state index in [0.29, 0.717) is 18.8 Å². The van der Waals surface area contributed by atoms with Crippen molar-refractivity contribution in [3.8, 4) is 0 Å². The minimum Gasteiger partial charge on any atom is -0.480 e. The molecule has 1 aliphatic heterocycles. The molecule has 0 saturated carbocycles. The van der Waals surface area contributed by atoms with Gasteiger partial charge in [-0.3, -0.25) is 14.5 Å². The standard InChI is InChI=1S/C15H18N4O3/c1-19-8-9(6-12(19)15(21)22)16-14(20)7-13-17-10-4-2-3-5-11(10)18-13/h2-5,9,12H,6-8H2,1H3,(H,16,20)(H,17,18)(H,21,22)/t9-,12-/m0/s1. The van der Waals surface area contributed by atoms with Crippen LogP contribution in [0.15, 0.2) is 24.3 Å². The normalized spacial score (nSPS) is 22.0. The predicted octanol–water partition coefficient (Wildman–Crippen LogP) is 0.379. The van der Waals surface area contributed by atoms with Crippen molar-refractivity contribution in [2.24, 2.45) is 0 Å². The number of hydrogen-bond donors (Lipinski definition) is 3. The van der Waals surface area contributed by atoms with E-state index in [1.165, 1.54) is 0 Å². The molecular weight excluding hydrogens is 284 g/mol. The maximum Gasteiger partial charge on any atom is 0.320 e. The molecule has 2 aromatic rings. The fraction of sp³-hybridized carbons (Fsp3) is 0.400. The molecule has 3 rings (SSSR count). The minimum atomic E-state index is -0.850. The summed E-state index contributed by atoms with van der Waals surface area (Å²) in [4.78, 5) is 32.4. The molecule has 2 atom stereocenters. The van der Waals surface area contributed by atoms with Crippen molar-refractivity contribution >= 4 is 22.9 Å². The maximum absolute atomic E-state index is 12.1. The molecule has 1 aromatic carbocycles. The van der Waals surface area contributed by atoms with Crippen molar-refractivity contribution in [1.29, 1.82) is 0 Å². The van der Waals surface area contributed by atoms with Crippen LogP contribution in [-0.2, 0) is 16.0 Å². The maximum atomic E-state index is 12.1. The lowest BCUT2D eigenvalue weighted by molar-refractivity contribution is -0.141. The van der Waals surface area contributed by atoms with Crippen molar-refractivity contribution in [2.45, 2.75) is 24.9 Å². The molecule has 0 spiro atoms. The summed E-state index contributed by atoms with van der Waals surface area (Å²) in [6.45, 7) is 0.544. The summed E-state index contributed by atoms with van der Waals surface area (Å²) in [5.74, 6) is -0.389. The quantitative estimate of drug-likeness (QED) is 0.758. The molecule has 0 bridgehead atoms. The number of carbonyl (C=O) groups is 2. The summed E-state index contributed by atoms with van der Waals surface area (Å²) in [6.07, 6.45) is 0.588. The van der Waals surface area contributed by atoms with E-state index in [9.17, 15) is 9.59 Å². The Hall–Kier alpha value is -2.41. The second kappa shape index (κ2) is 5.76. The van der Waals surface area contributed by atoms with E-state index in [2.05, 4.69) is 15.3 Å². The highest BCUT2D eigenvalue weighted by atomic mass is 16.4. The van der Waals surface area contributed by atoms with Gasteiger partial charge in [0, 0.05) is 12.6 Å². The molecule has 0 aliphatic carbocycles. The average molecular weight is 302 g/mol. The third-order valence-electron chi connectivity index (χ3n) is 3.96. The monoisotopic (exact) mass is 302 g/mol. The van der Waals surface area contributed by atoms with Crippen molar-refractivity contribution in [3.63, 3.8) is 0 Å². The number of carboxylic acids is 1. The molecule has 1 saturated heterocycles. The van der Waals surface area contributed by atoms with Crippen LogP contribution in [0.25, 0.3) is 11.0 Å². The topological polar surface area (TPSA) is 98.3 Å². The smallest absolute Gasteiger partial charge is 0.320 e. The first-order valence-corrected chi connectivity index (χ1v) is 7.19. The molecule has 1 aliphatic rings. The second-order valence-electron chi connectivity index (χ2n) is 5.67. The number of benzene rings is 1. The average Bonchev–Trinajstić information content (AvgIpc) is 3.01. The molecule has 0 radical (unpaired) electrons. The number of likely N-dealkylation sites (N-methyl/N-ethyl adjacent to an activating group) is 1. The zero-order chi connectivity index (χ0) is 15.7. The van der Waals surface area contributed by atoms with Crippen LogP contribution in [0.4, 0.5) is 0 Å². The van der Waals surface area contributed by atoms with Gasteiger partial charge in [0.05, 0.1) is 17.5 Å². The SMILES string of the molecule is CN1C[C@@H](NC(=O)Cc2nc3ccccc3[nH]2)C[C@H]1C(=O)O. The van der Waals surface area contributed by atoms with Gasteiger partial charge in [-0.25, -0.2) is 4.98 Å². The number of imidazole rings is 1. The first-order valence-electron chi connectivity index (χ1n) is 7.19. The van der Waals surface area contributed by atoms with Crippen LogP contribution in [0.2, 0.25) is 0 Å². The van der Waals surface area contributed by atoms with Gasteiger partial charge in [-0.05, 0) is 25.6 Å². The Morgan fingerprint density at radius 1 is 1.45 bits per heavy atom. The van der Waals surface area contributed by atoms with Gasteiger partial charge in [0.1, 0.15) is 11.9 Å². The zero-order valence-electron chi connectivity index (χ0n) is 12.2. The van der Waals surface area contributed by atoms with E-state index in [0.717, 1.165) is 11.0 Å².